The highest BCUT2D eigenvalue weighted by Crippen LogP contribution is 2.17. The summed E-state index contributed by atoms with van der Waals surface area (Å²) in [6.45, 7) is 6.45. The molecule has 0 saturated carbocycles. The minimum atomic E-state index is -0.631. The Morgan fingerprint density at radius 2 is 2.36 bits per heavy atom. The highest BCUT2D eigenvalue weighted by Gasteiger charge is 2.18. The molecule has 1 heterocycles. The van der Waals surface area contributed by atoms with E-state index in [-0.39, 0.29) is 0 Å². The maximum absolute atomic E-state index is 9.90. The second-order valence-corrected chi connectivity index (χ2v) is 4.75. The first kappa shape index (κ1) is 11.5. The zero-order chi connectivity index (χ0) is 10.6. The van der Waals surface area contributed by atoms with Crippen LogP contribution >= 0.6 is 11.3 Å². The van der Waals surface area contributed by atoms with E-state index in [9.17, 15) is 5.11 Å². The second-order valence-electron chi connectivity index (χ2n) is 3.89. The van der Waals surface area contributed by atoms with Gasteiger partial charge in [-0.1, -0.05) is 13.3 Å². The standard InChI is InChI=1S/C10H18N2OS/c1-4-5-10(3,13)7-11-9-12-8(2)6-14-9/h6,13H,4-5,7H2,1-3H3,(H,11,12). The Balaban J connectivity index is 2.40. The third-order valence-corrected chi connectivity index (χ3v) is 2.95. The molecule has 0 aliphatic carbocycles. The van der Waals surface area contributed by atoms with Gasteiger partial charge in [0.15, 0.2) is 5.13 Å². The number of aromatic nitrogens is 1. The molecular weight excluding hydrogens is 196 g/mol. The van der Waals surface area contributed by atoms with Gasteiger partial charge in [-0.3, -0.25) is 0 Å². The number of hydrogen-bond donors (Lipinski definition) is 2. The van der Waals surface area contributed by atoms with E-state index in [1.807, 2.05) is 19.2 Å². The van der Waals surface area contributed by atoms with E-state index in [0.717, 1.165) is 23.7 Å². The summed E-state index contributed by atoms with van der Waals surface area (Å²) in [6, 6.07) is 0. The van der Waals surface area contributed by atoms with Gasteiger partial charge in [-0.15, -0.1) is 11.3 Å². The zero-order valence-corrected chi connectivity index (χ0v) is 9.82. The first-order valence-electron chi connectivity index (χ1n) is 4.92. The fourth-order valence-electron chi connectivity index (χ4n) is 1.33. The lowest BCUT2D eigenvalue weighted by atomic mass is 10.0. The molecule has 1 unspecified atom stereocenters. The number of rotatable bonds is 5. The number of aryl methyl sites for hydroxylation is 1. The van der Waals surface area contributed by atoms with Crippen molar-refractivity contribution in [3.63, 3.8) is 0 Å². The van der Waals surface area contributed by atoms with Gasteiger partial charge in [0.05, 0.1) is 11.3 Å². The molecule has 0 aliphatic heterocycles. The summed E-state index contributed by atoms with van der Waals surface area (Å²) >= 11 is 1.57. The number of aliphatic hydroxyl groups is 1. The van der Waals surface area contributed by atoms with E-state index < -0.39 is 5.60 Å². The molecule has 0 saturated heterocycles. The van der Waals surface area contributed by atoms with Gasteiger partial charge in [-0.2, -0.15) is 0 Å². The number of anilines is 1. The van der Waals surface area contributed by atoms with Crippen LogP contribution in [0, 0.1) is 6.92 Å². The van der Waals surface area contributed by atoms with Crippen LogP contribution in [-0.2, 0) is 0 Å². The fraction of sp³-hybridized carbons (Fsp3) is 0.700. The summed E-state index contributed by atoms with van der Waals surface area (Å²) in [7, 11) is 0. The van der Waals surface area contributed by atoms with Crippen LogP contribution in [-0.4, -0.2) is 22.2 Å². The van der Waals surface area contributed by atoms with Crippen molar-refractivity contribution in [3.8, 4) is 0 Å². The fourth-order valence-corrected chi connectivity index (χ4v) is 2.02. The van der Waals surface area contributed by atoms with Crippen LogP contribution in [0.1, 0.15) is 32.4 Å². The first-order valence-corrected chi connectivity index (χ1v) is 5.80. The molecule has 0 aliphatic rings. The summed E-state index contributed by atoms with van der Waals surface area (Å²) in [5.74, 6) is 0. The van der Waals surface area contributed by atoms with Crippen LogP contribution in [0.2, 0.25) is 0 Å². The molecule has 1 aromatic rings. The smallest absolute Gasteiger partial charge is 0.182 e. The molecule has 0 spiro atoms. The molecule has 1 atom stereocenters. The predicted octanol–water partition coefficient (Wildman–Crippen LogP) is 2.41. The SMILES string of the molecule is CCCC(C)(O)CNc1nc(C)cs1. The summed E-state index contributed by atoms with van der Waals surface area (Å²) in [5, 5.41) is 15.9. The van der Waals surface area contributed by atoms with E-state index in [2.05, 4.69) is 17.2 Å². The third-order valence-electron chi connectivity index (χ3n) is 2.03. The van der Waals surface area contributed by atoms with Crippen LogP contribution in [0.15, 0.2) is 5.38 Å². The Bertz CT molecular complexity index is 283. The molecule has 0 amide bonds. The van der Waals surface area contributed by atoms with Gasteiger partial charge >= 0.3 is 0 Å². The number of nitrogens with zero attached hydrogens (tertiary/aromatic N) is 1. The summed E-state index contributed by atoms with van der Waals surface area (Å²) in [6.07, 6.45) is 1.80. The maximum atomic E-state index is 9.90. The number of nitrogens with one attached hydrogen (secondary N) is 1. The van der Waals surface area contributed by atoms with Gasteiger partial charge in [0.2, 0.25) is 0 Å². The maximum Gasteiger partial charge on any atom is 0.182 e. The van der Waals surface area contributed by atoms with E-state index in [1.165, 1.54) is 0 Å². The molecule has 1 aromatic heterocycles. The predicted molar refractivity (Wildman–Crippen MR) is 60.9 cm³/mol. The highest BCUT2D eigenvalue weighted by molar-refractivity contribution is 7.13. The van der Waals surface area contributed by atoms with Gasteiger partial charge in [0, 0.05) is 11.9 Å². The zero-order valence-electron chi connectivity index (χ0n) is 9.00. The van der Waals surface area contributed by atoms with Crippen molar-refractivity contribution in [2.75, 3.05) is 11.9 Å². The Hall–Kier alpha value is -0.610. The van der Waals surface area contributed by atoms with Crippen molar-refractivity contribution in [3.05, 3.63) is 11.1 Å². The van der Waals surface area contributed by atoms with E-state index in [4.69, 9.17) is 0 Å². The van der Waals surface area contributed by atoms with Crippen molar-refractivity contribution < 1.29 is 5.11 Å². The van der Waals surface area contributed by atoms with E-state index >= 15 is 0 Å². The van der Waals surface area contributed by atoms with Crippen LogP contribution < -0.4 is 5.32 Å². The van der Waals surface area contributed by atoms with Gasteiger partial charge in [0.25, 0.3) is 0 Å². The van der Waals surface area contributed by atoms with Crippen molar-refractivity contribution in [1.82, 2.24) is 4.98 Å². The molecule has 3 nitrogen and oxygen atoms in total. The van der Waals surface area contributed by atoms with Gasteiger partial charge in [0.1, 0.15) is 0 Å². The lowest BCUT2D eigenvalue weighted by Gasteiger charge is -2.22. The summed E-state index contributed by atoms with van der Waals surface area (Å²) < 4.78 is 0. The van der Waals surface area contributed by atoms with Crippen molar-refractivity contribution in [2.24, 2.45) is 0 Å². The Morgan fingerprint density at radius 3 is 2.86 bits per heavy atom. The minimum Gasteiger partial charge on any atom is -0.388 e. The Morgan fingerprint density at radius 1 is 1.64 bits per heavy atom. The first-order chi connectivity index (χ1) is 6.53. The van der Waals surface area contributed by atoms with Gasteiger partial charge in [-0.25, -0.2) is 4.98 Å². The molecule has 0 bridgehead atoms. The molecule has 0 fully saturated rings. The van der Waals surface area contributed by atoms with E-state index in [0.29, 0.717) is 6.54 Å². The molecule has 0 aromatic carbocycles. The molecule has 1 rings (SSSR count). The van der Waals surface area contributed by atoms with Crippen LogP contribution in [0.25, 0.3) is 0 Å². The molecule has 80 valence electrons. The lowest BCUT2D eigenvalue weighted by molar-refractivity contribution is 0.0637. The number of thiazole rings is 1. The van der Waals surface area contributed by atoms with Crippen LogP contribution in [0.5, 0.6) is 0 Å². The second kappa shape index (κ2) is 4.75. The normalized spacial score (nSPS) is 15.1. The van der Waals surface area contributed by atoms with Crippen molar-refractivity contribution in [2.45, 2.75) is 39.2 Å². The molecular formula is C10H18N2OS. The molecule has 4 heteroatoms. The largest absolute Gasteiger partial charge is 0.388 e. The van der Waals surface area contributed by atoms with Gasteiger partial charge < -0.3 is 10.4 Å². The monoisotopic (exact) mass is 214 g/mol. The summed E-state index contributed by atoms with van der Waals surface area (Å²) in [5.41, 5.74) is 0.390. The Kier molecular flexibility index (Phi) is 3.89. The number of hydrogen-bond acceptors (Lipinski definition) is 4. The topological polar surface area (TPSA) is 45.1 Å². The Labute approximate surface area is 89.2 Å². The highest BCUT2D eigenvalue weighted by atomic mass is 32.1. The molecule has 0 radical (unpaired) electrons. The molecule has 2 N–H and O–H groups in total. The lowest BCUT2D eigenvalue weighted by Crippen LogP contribution is -2.33. The molecule has 14 heavy (non-hydrogen) atoms. The van der Waals surface area contributed by atoms with Crippen LogP contribution in [0.3, 0.4) is 0 Å². The third kappa shape index (κ3) is 3.64. The van der Waals surface area contributed by atoms with Crippen molar-refractivity contribution in [1.29, 1.82) is 0 Å². The quantitative estimate of drug-likeness (QED) is 0.791. The van der Waals surface area contributed by atoms with E-state index in [1.54, 1.807) is 11.3 Å². The minimum absolute atomic E-state index is 0.563. The average Bonchev–Trinajstić information content (AvgIpc) is 2.48. The van der Waals surface area contributed by atoms with Crippen molar-refractivity contribution >= 4 is 16.5 Å². The average molecular weight is 214 g/mol. The van der Waals surface area contributed by atoms with Gasteiger partial charge in [-0.05, 0) is 20.3 Å². The van der Waals surface area contributed by atoms with Crippen LogP contribution in [0.4, 0.5) is 5.13 Å². The summed E-state index contributed by atoms with van der Waals surface area (Å²) in [4.78, 5) is 4.27.